The van der Waals surface area contributed by atoms with Crippen LogP contribution in [0.1, 0.15) is 35.2 Å². The number of rotatable bonds is 8. The highest BCUT2D eigenvalue weighted by Crippen LogP contribution is 2.19. The van der Waals surface area contributed by atoms with E-state index in [4.69, 9.17) is 50.2 Å². The molecule has 0 spiro atoms. The lowest BCUT2D eigenvalue weighted by atomic mass is 10.1. The smallest absolute Gasteiger partial charge is 0.320 e. The molecule has 2 rings (SSSR count). The average molecular weight is 458 g/mol. The quantitative estimate of drug-likeness (QED) is 0.350. The number of nitrogens with two attached hydrogens (primary N) is 3. The molecule has 30 heavy (non-hydrogen) atoms. The molecule has 0 saturated carbocycles. The van der Waals surface area contributed by atoms with E-state index in [2.05, 4.69) is 0 Å². The van der Waals surface area contributed by atoms with Crippen LogP contribution in [0.25, 0.3) is 0 Å². The highest BCUT2D eigenvalue weighted by atomic mass is 35.5. The van der Waals surface area contributed by atoms with Gasteiger partial charge in [0.1, 0.15) is 11.8 Å². The number of hydrogen-bond donors (Lipinski definition) is 4. The van der Waals surface area contributed by atoms with Gasteiger partial charge in [0.2, 0.25) is 0 Å². The average Bonchev–Trinajstić information content (AvgIpc) is 2.74. The molecule has 0 saturated heterocycles. The van der Waals surface area contributed by atoms with Crippen LogP contribution in [-0.2, 0) is 11.3 Å². The topological polar surface area (TPSA) is 142 Å². The second-order valence-electron chi connectivity index (χ2n) is 6.03. The number of carbonyl (C=O) groups is 2. The minimum absolute atomic E-state index is 0.391. The molecule has 0 radical (unpaired) electrons. The highest BCUT2D eigenvalue weighted by molar-refractivity contribution is 6.36. The first-order valence-corrected chi connectivity index (χ1v) is 9.96. The number of aliphatic carboxylic acids is 1. The van der Waals surface area contributed by atoms with E-state index in [9.17, 15) is 9.59 Å². The van der Waals surface area contributed by atoms with E-state index in [1.54, 1.807) is 19.2 Å². The molecule has 9 heteroatoms. The number of benzene rings is 2. The van der Waals surface area contributed by atoms with Crippen LogP contribution in [0.3, 0.4) is 0 Å². The van der Waals surface area contributed by atoms with Crippen molar-refractivity contribution in [1.29, 1.82) is 0 Å². The number of para-hydroxylation sites is 1. The predicted octanol–water partition coefficient (Wildman–Crippen LogP) is 3.49. The van der Waals surface area contributed by atoms with Crippen LogP contribution in [-0.4, -0.2) is 37.1 Å². The summed E-state index contributed by atoms with van der Waals surface area (Å²) in [5, 5.41) is 9.25. The summed E-state index contributed by atoms with van der Waals surface area (Å²) < 4.78 is 5.06. The summed E-state index contributed by atoms with van der Waals surface area (Å²) in [5.74, 6) is -0.0676. The summed E-state index contributed by atoms with van der Waals surface area (Å²) in [6, 6.07) is 11.8. The first-order valence-electron chi connectivity index (χ1n) is 9.21. The molecule has 0 aliphatic rings. The first-order chi connectivity index (χ1) is 14.3. The van der Waals surface area contributed by atoms with Gasteiger partial charge >= 0.3 is 5.97 Å². The van der Waals surface area contributed by atoms with Crippen molar-refractivity contribution in [2.24, 2.45) is 17.2 Å². The number of aldehydes is 1. The van der Waals surface area contributed by atoms with Gasteiger partial charge in [0.25, 0.3) is 0 Å². The largest absolute Gasteiger partial charge is 0.496 e. The van der Waals surface area contributed by atoms with Crippen molar-refractivity contribution < 1.29 is 19.4 Å². The Morgan fingerprint density at radius 3 is 2.30 bits per heavy atom. The van der Waals surface area contributed by atoms with Gasteiger partial charge in [-0.05, 0) is 43.7 Å². The van der Waals surface area contributed by atoms with E-state index in [0.717, 1.165) is 24.2 Å². The minimum atomic E-state index is -0.933. The van der Waals surface area contributed by atoms with Crippen LogP contribution in [0.5, 0.6) is 5.75 Å². The Morgan fingerprint density at radius 1 is 1.17 bits per heavy atom. The molecule has 0 aliphatic carbocycles. The first kappa shape index (κ1) is 27.8. The van der Waals surface area contributed by atoms with E-state index < -0.39 is 12.0 Å². The molecule has 0 heterocycles. The third-order valence-electron chi connectivity index (χ3n) is 3.79. The molecule has 0 bridgehead atoms. The molecule has 2 aromatic carbocycles. The lowest BCUT2D eigenvalue weighted by Crippen LogP contribution is -2.29. The molecule has 7 N–H and O–H groups in total. The lowest BCUT2D eigenvalue weighted by Gasteiger charge is -2.03. The lowest BCUT2D eigenvalue weighted by molar-refractivity contribution is -0.138. The van der Waals surface area contributed by atoms with Crippen molar-refractivity contribution in [3.63, 3.8) is 0 Å². The van der Waals surface area contributed by atoms with Crippen LogP contribution in [0.15, 0.2) is 42.5 Å². The number of ether oxygens (including phenoxy) is 1. The summed E-state index contributed by atoms with van der Waals surface area (Å²) >= 11 is 11.2. The van der Waals surface area contributed by atoms with Gasteiger partial charge in [-0.1, -0.05) is 47.8 Å². The predicted molar refractivity (Wildman–Crippen MR) is 121 cm³/mol. The number of carboxylic acid groups (broad SMARTS) is 1. The van der Waals surface area contributed by atoms with Gasteiger partial charge in [0.15, 0.2) is 6.29 Å². The third kappa shape index (κ3) is 11.7. The summed E-state index contributed by atoms with van der Waals surface area (Å²) in [5.41, 5.74) is 17.4. The SMILES string of the molecule is COc1ccccc1CN.NCCCC[C@@H](N)C(=O)O.O=Cc1ccc(Cl)cc1Cl. The number of methoxy groups -OCH3 is 1. The van der Waals surface area contributed by atoms with E-state index in [1.807, 2.05) is 24.3 Å². The van der Waals surface area contributed by atoms with Crippen molar-refractivity contribution in [2.45, 2.75) is 31.8 Å². The second kappa shape index (κ2) is 16.6. The Balaban J connectivity index is 0.000000420. The van der Waals surface area contributed by atoms with Crippen molar-refractivity contribution >= 4 is 35.5 Å². The Labute approximate surface area is 187 Å². The summed E-state index contributed by atoms with van der Waals surface area (Å²) in [6.45, 7) is 1.14. The molecule has 7 nitrogen and oxygen atoms in total. The van der Waals surface area contributed by atoms with Crippen molar-refractivity contribution in [1.82, 2.24) is 0 Å². The van der Waals surface area contributed by atoms with Crippen LogP contribution >= 0.6 is 23.2 Å². The van der Waals surface area contributed by atoms with Gasteiger partial charge in [0, 0.05) is 22.7 Å². The monoisotopic (exact) mass is 457 g/mol. The number of carbonyl (C=O) groups excluding carboxylic acids is 1. The molecule has 0 fully saturated rings. The zero-order valence-electron chi connectivity index (χ0n) is 16.9. The van der Waals surface area contributed by atoms with Gasteiger partial charge in [-0.25, -0.2) is 0 Å². The zero-order chi connectivity index (χ0) is 22.9. The number of unbranched alkanes of at least 4 members (excludes halogenated alkanes) is 1. The number of carboxylic acids is 1. The molecule has 166 valence electrons. The van der Waals surface area contributed by atoms with E-state index in [0.29, 0.717) is 41.4 Å². The maximum Gasteiger partial charge on any atom is 0.320 e. The fourth-order valence-corrected chi connectivity index (χ4v) is 2.55. The van der Waals surface area contributed by atoms with Gasteiger partial charge in [-0.15, -0.1) is 0 Å². The summed E-state index contributed by atoms with van der Waals surface area (Å²) in [6.07, 6.45) is 2.86. The second-order valence-corrected chi connectivity index (χ2v) is 6.87. The highest BCUT2D eigenvalue weighted by Gasteiger charge is 2.09. The molecule has 0 unspecified atom stereocenters. The maximum absolute atomic E-state index is 10.2. The van der Waals surface area contributed by atoms with Crippen molar-refractivity contribution in [3.05, 3.63) is 63.6 Å². The maximum atomic E-state index is 10.2. The molecule has 0 amide bonds. The van der Waals surface area contributed by atoms with Crippen LogP contribution in [0, 0.1) is 0 Å². The molecule has 0 aliphatic heterocycles. The molecule has 1 atom stereocenters. The van der Waals surface area contributed by atoms with Gasteiger partial charge in [-0.2, -0.15) is 0 Å². The molecule has 0 aromatic heterocycles. The van der Waals surface area contributed by atoms with Gasteiger partial charge in [-0.3, -0.25) is 9.59 Å². The Bertz CT molecular complexity index is 753. The normalized spacial score (nSPS) is 10.6. The van der Waals surface area contributed by atoms with E-state index >= 15 is 0 Å². The van der Waals surface area contributed by atoms with Gasteiger partial charge in [0.05, 0.1) is 12.1 Å². The fourth-order valence-electron chi connectivity index (χ4n) is 2.10. The fraction of sp³-hybridized carbons (Fsp3) is 0.333. The molecule has 2 aromatic rings. The minimum Gasteiger partial charge on any atom is -0.496 e. The third-order valence-corrected chi connectivity index (χ3v) is 4.35. The Kier molecular flexibility index (Phi) is 15.4. The van der Waals surface area contributed by atoms with Crippen molar-refractivity contribution in [3.8, 4) is 5.75 Å². The van der Waals surface area contributed by atoms with Crippen LogP contribution < -0.4 is 21.9 Å². The number of hydrogen-bond acceptors (Lipinski definition) is 6. The van der Waals surface area contributed by atoms with Crippen LogP contribution in [0.2, 0.25) is 10.0 Å². The number of halogens is 2. The van der Waals surface area contributed by atoms with E-state index in [1.165, 1.54) is 6.07 Å². The summed E-state index contributed by atoms with van der Waals surface area (Å²) in [7, 11) is 1.65. The van der Waals surface area contributed by atoms with Crippen LogP contribution in [0.4, 0.5) is 0 Å². The van der Waals surface area contributed by atoms with E-state index in [-0.39, 0.29) is 0 Å². The Hall–Kier alpha value is -2.16. The standard InChI is InChI=1S/C8H11NO.C7H4Cl2O.C6H14N2O2/c1-10-8-5-3-2-4-7(8)6-9;8-6-2-1-5(4-10)7(9)3-6;7-4-2-1-3-5(8)6(9)10/h2-5H,6,9H2,1H3;1-4H;5H,1-4,7-8H2,(H,9,10)/t;;5-/m..1/s1. The Morgan fingerprint density at radius 2 is 1.83 bits per heavy atom. The molecular formula is C21H29Cl2N3O4. The van der Waals surface area contributed by atoms with Gasteiger partial charge < -0.3 is 27.0 Å². The zero-order valence-corrected chi connectivity index (χ0v) is 18.4. The molecular weight excluding hydrogens is 429 g/mol. The summed E-state index contributed by atoms with van der Waals surface area (Å²) in [4.78, 5) is 20.3. The van der Waals surface area contributed by atoms with Crippen molar-refractivity contribution in [2.75, 3.05) is 13.7 Å².